The van der Waals surface area contributed by atoms with Crippen LogP contribution in [-0.4, -0.2) is 29.1 Å². The lowest BCUT2D eigenvalue weighted by Crippen LogP contribution is -2.19. The fourth-order valence-electron chi connectivity index (χ4n) is 3.19. The van der Waals surface area contributed by atoms with Gasteiger partial charge in [0.05, 0.1) is 11.0 Å². The molecule has 0 aliphatic carbocycles. The molecule has 0 aliphatic heterocycles. The molecule has 1 aromatic heterocycles. The summed E-state index contributed by atoms with van der Waals surface area (Å²) < 4.78 is 15.7. The normalized spacial score (nSPS) is 10.6. The molecule has 0 saturated heterocycles. The molecule has 0 unspecified atom stereocenters. The van der Waals surface area contributed by atoms with E-state index in [0.717, 1.165) is 28.2 Å². The number of anilines is 1. The first kappa shape index (κ1) is 24.9. The van der Waals surface area contributed by atoms with Gasteiger partial charge in [-0.25, -0.2) is 9.37 Å². The van der Waals surface area contributed by atoms with Crippen molar-refractivity contribution in [1.82, 2.24) is 14.9 Å². The van der Waals surface area contributed by atoms with Crippen molar-refractivity contribution in [2.75, 3.05) is 18.9 Å². The molecule has 0 aliphatic rings. The fraction of sp³-hybridized carbons (Fsp3) is 0.333. The van der Waals surface area contributed by atoms with Crippen LogP contribution in [0.1, 0.15) is 31.9 Å². The Hall–Kier alpha value is -2.15. The summed E-state index contributed by atoms with van der Waals surface area (Å²) >= 11 is 0. The highest BCUT2D eigenvalue weighted by Crippen LogP contribution is 2.30. The Bertz CT molecular complexity index is 988. The van der Waals surface area contributed by atoms with Crippen LogP contribution in [0.4, 0.5) is 10.1 Å². The molecular weight excluding hydrogens is 414 g/mol. The Morgan fingerprint density at radius 2 is 1.90 bits per heavy atom. The van der Waals surface area contributed by atoms with E-state index in [4.69, 9.17) is 0 Å². The zero-order valence-corrected chi connectivity index (χ0v) is 18.6. The first-order valence-electron chi connectivity index (χ1n) is 9.13. The number of nitrogens with one attached hydrogen (secondary N) is 2. The summed E-state index contributed by atoms with van der Waals surface area (Å²) in [5, 5.41) is 5.90. The summed E-state index contributed by atoms with van der Waals surface area (Å²) in [6, 6.07) is 10.7. The number of benzene rings is 2. The molecule has 0 fully saturated rings. The van der Waals surface area contributed by atoms with E-state index in [0.29, 0.717) is 18.5 Å². The molecule has 8 heteroatoms. The highest BCUT2D eigenvalue weighted by Gasteiger charge is 2.16. The SMILES string of the molecule is CNCCC(=O)Nc1ccc(-c2nc3cc(F)ccc3n2C(C)C)cc1C.Cl.Cl. The molecule has 0 atom stereocenters. The third kappa shape index (κ3) is 5.47. The first-order chi connectivity index (χ1) is 12.9. The van der Waals surface area contributed by atoms with Crippen LogP contribution in [-0.2, 0) is 4.79 Å². The number of hydrogen-bond donors (Lipinski definition) is 2. The van der Waals surface area contributed by atoms with Crippen molar-refractivity contribution in [3.63, 3.8) is 0 Å². The molecule has 158 valence electrons. The van der Waals surface area contributed by atoms with Gasteiger partial charge >= 0.3 is 0 Å². The van der Waals surface area contributed by atoms with Crippen LogP contribution < -0.4 is 10.6 Å². The first-order valence-corrected chi connectivity index (χ1v) is 9.13. The average Bonchev–Trinajstić information content (AvgIpc) is 3.00. The van der Waals surface area contributed by atoms with E-state index >= 15 is 0 Å². The van der Waals surface area contributed by atoms with Crippen LogP contribution in [0.15, 0.2) is 36.4 Å². The van der Waals surface area contributed by atoms with Crippen molar-refractivity contribution >= 4 is 47.4 Å². The number of amides is 1. The number of imidazole rings is 1. The number of carbonyl (C=O) groups excluding carboxylic acids is 1. The molecule has 5 nitrogen and oxygen atoms in total. The summed E-state index contributed by atoms with van der Waals surface area (Å²) in [5.74, 6) is 0.477. The Morgan fingerprint density at radius 1 is 1.17 bits per heavy atom. The molecule has 0 spiro atoms. The standard InChI is InChI=1S/C21H25FN4O.2ClH/c1-13(2)26-19-8-6-16(22)12-18(19)25-21(26)15-5-7-17(14(3)11-15)24-20(27)9-10-23-4;;/h5-8,11-13,23H,9-10H2,1-4H3,(H,24,27);2*1H. The van der Waals surface area contributed by atoms with Gasteiger partial charge in [0.1, 0.15) is 11.6 Å². The van der Waals surface area contributed by atoms with Crippen LogP contribution in [0.5, 0.6) is 0 Å². The maximum atomic E-state index is 13.6. The van der Waals surface area contributed by atoms with Crippen LogP contribution >= 0.6 is 24.8 Å². The number of fused-ring (bicyclic) bond motifs is 1. The molecule has 1 heterocycles. The maximum Gasteiger partial charge on any atom is 0.225 e. The van der Waals surface area contributed by atoms with E-state index in [9.17, 15) is 9.18 Å². The molecule has 2 N–H and O–H groups in total. The Kier molecular flexibility index (Phi) is 9.08. The molecule has 0 radical (unpaired) electrons. The van der Waals surface area contributed by atoms with Gasteiger partial charge in [-0.3, -0.25) is 4.79 Å². The number of halogens is 3. The van der Waals surface area contributed by atoms with Crippen LogP contribution in [0.25, 0.3) is 22.4 Å². The molecular formula is C21H27Cl2FN4O. The van der Waals surface area contributed by atoms with Crippen LogP contribution in [0, 0.1) is 12.7 Å². The van der Waals surface area contributed by atoms with Gasteiger partial charge < -0.3 is 15.2 Å². The predicted molar refractivity (Wildman–Crippen MR) is 122 cm³/mol. The summed E-state index contributed by atoms with van der Waals surface area (Å²) in [5.41, 5.74) is 4.23. The number of aromatic nitrogens is 2. The van der Waals surface area contributed by atoms with Crippen molar-refractivity contribution < 1.29 is 9.18 Å². The van der Waals surface area contributed by atoms with Crippen molar-refractivity contribution in [2.45, 2.75) is 33.2 Å². The zero-order valence-electron chi connectivity index (χ0n) is 17.0. The summed E-state index contributed by atoms with van der Waals surface area (Å²) in [6.07, 6.45) is 0.423. The Morgan fingerprint density at radius 3 is 2.52 bits per heavy atom. The molecule has 0 bridgehead atoms. The van der Waals surface area contributed by atoms with E-state index < -0.39 is 0 Å². The largest absolute Gasteiger partial charge is 0.326 e. The lowest BCUT2D eigenvalue weighted by Gasteiger charge is -2.15. The van der Waals surface area contributed by atoms with Crippen LogP contribution in [0.2, 0.25) is 0 Å². The number of nitrogens with zero attached hydrogens (tertiary/aromatic N) is 2. The van der Waals surface area contributed by atoms with E-state index in [1.165, 1.54) is 12.1 Å². The molecule has 3 rings (SSSR count). The number of hydrogen-bond acceptors (Lipinski definition) is 3. The van der Waals surface area contributed by atoms with Gasteiger partial charge in [0.2, 0.25) is 5.91 Å². The molecule has 29 heavy (non-hydrogen) atoms. The Balaban J connectivity index is 0.00000210. The Labute approximate surface area is 182 Å². The van der Waals surface area contributed by atoms with Gasteiger partial charge in [-0.15, -0.1) is 24.8 Å². The maximum absolute atomic E-state index is 13.6. The van der Waals surface area contributed by atoms with E-state index in [-0.39, 0.29) is 42.6 Å². The van der Waals surface area contributed by atoms with Gasteiger partial charge in [0.25, 0.3) is 0 Å². The van der Waals surface area contributed by atoms with Crippen molar-refractivity contribution in [3.8, 4) is 11.4 Å². The fourth-order valence-corrected chi connectivity index (χ4v) is 3.19. The molecule has 0 saturated carbocycles. The molecule has 3 aromatic rings. The monoisotopic (exact) mass is 440 g/mol. The predicted octanol–water partition coefficient (Wildman–Crippen LogP) is 5.12. The van der Waals surface area contributed by atoms with Gasteiger partial charge in [-0.05, 0) is 63.7 Å². The average molecular weight is 441 g/mol. The summed E-state index contributed by atoms with van der Waals surface area (Å²) in [4.78, 5) is 16.6. The smallest absolute Gasteiger partial charge is 0.225 e. The molecule has 1 amide bonds. The highest BCUT2D eigenvalue weighted by molar-refractivity contribution is 5.92. The quantitative estimate of drug-likeness (QED) is 0.558. The third-order valence-corrected chi connectivity index (χ3v) is 4.53. The third-order valence-electron chi connectivity index (χ3n) is 4.53. The summed E-state index contributed by atoms with van der Waals surface area (Å²) in [6.45, 7) is 6.76. The van der Waals surface area contributed by atoms with Crippen molar-refractivity contribution in [2.24, 2.45) is 0 Å². The lowest BCUT2D eigenvalue weighted by atomic mass is 10.1. The number of aryl methyl sites for hydroxylation is 1. The van der Waals surface area contributed by atoms with E-state index in [2.05, 4.69) is 34.0 Å². The van der Waals surface area contributed by atoms with Gasteiger partial charge in [0.15, 0.2) is 0 Å². The number of carbonyl (C=O) groups is 1. The minimum absolute atomic E-state index is 0. The van der Waals surface area contributed by atoms with Crippen molar-refractivity contribution in [3.05, 3.63) is 47.8 Å². The van der Waals surface area contributed by atoms with Gasteiger partial charge in [-0.1, -0.05) is 0 Å². The van der Waals surface area contributed by atoms with Crippen LogP contribution in [0.3, 0.4) is 0 Å². The van der Waals surface area contributed by atoms with Gasteiger partial charge in [0, 0.05) is 36.3 Å². The minimum Gasteiger partial charge on any atom is -0.326 e. The second-order valence-electron chi connectivity index (χ2n) is 6.96. The second-order valence-corrected chi connectivity index (χ2v) is 6.96. The summed E-state index contributed by atoms with van der Waals surface area (Å²) in [7, 11) is 1.82. The minimum atomic E-state index is -0.293. The highest BCUT2D eigenvalue weighted by atomic mass is 35.5. The van der Waals surface area contributed by atoms with Gasteiger partial charge in [-0.2, -0.15) is 0 Å². The molecule has 2 aromatic carbocycles. The topological polar surface area (TPSA) is 59.0 Å². The number of rotatable bonds is 6. The zero-order chi connectivity index (χ0) is 19.6. The van der Waals surface area contributed by atoms with E-state index in [1.807, 2.05) is 32.2 Å². The second kappa shape index (κ2) is 10.6. The van der Waals surface area contributed by atoms with Crippen molar-refractivity contribution in [1.29, 1.82) is 0 Å². The lowest BCUT2D eigenvalue weighted by molar-refractivity contribution is -0.116. The van der Waals surface area contributed by atoms with E-state index in [1.54, 1.807) is 6.07 Å².